The van der Waals surface area contributed by atoms with Crippen molar-refractivity contribution in [1.29, 1.82) is 0 Å². The van der Waals surface area contributed by atoms with Gasteiger partial charge in [-0.3, -0.25) is 4.79 Å². The van der Waals surface area contributed by atoms with E-state index in [1.807, 2.05) is 42.2 Å². The van der Waals surface area contributed by atoms with Gasteiger partial charge in [-0.2, -0.15) is 17.4 Å². The van der Waals surface area contributed by atoms with Gasteiger partial charge in [-0.1, -0.05) is 44.2 Å². The summed E-state index contributed by atoms with van der Waals surface area (Å²) in [7, 11) is -1.87. The average Bonchev–Trinajstić information content (AvgIpc) is 2.62. The lowest BCUT2D eigenvalue weighted by molar-refractivity contribution is -0.134. The van der Waals surface area contributed by atoms with E-state index < -0.39 is 10.2 Å². The van der Waals surface area contributed by atoms with Gasteiger partial charge in [0.25, 0.3) is 10.2 Å². The summed E-state index contributed by atoms with van der Waals surface area (Å²) in [6, 6.07) is 9.74. The summed E-state index contributed by atoms with van der Waals surface area (Å²) >= 11 is 0. The highest BCUT2D eigenvalue weighted by Crippen LogP contribution is 2.24. The van der Waals surface area contributed by atoms with Crippen LogP contribution in [-0.4, -0.2) is 56.3 Å². The van der Waals surface area contributed by atoms with Gasteiger partial charge in [-0.05, 0) is 24.8 Å². The zero-order chi connectivity index (χ0) is 18.4. The van der Waals surface area contributed by atoms with Crippen LogP contribution < -0.4 is 4.72 Å². The lowest BCUT2D eigenvalue weighted by Gasteiger charge is -2.35. The number of hydrogen-bond acceptors (Lipinski definition) is 3. The number of nitrogens with zero attached hydrogens (tertiary/aromatic N) is 2. The quantitative estimate of drug-likeness (QED) is 0.801. The summed E-state index contributed by atoms with van der Waals surface area (Å²) < 4.78 is 28.3. The molecule has 7 heteroatoms. The van der Waals surface area contributed by atoms with Crippen molar-refractivity contribution in [1.82, 2.24) is 13.9 Å². The van der Waals surface area contributed by atoms with E-state index in [1.54, 1.807) is 14.0 Å². The zero-order valence-electron chi connectivity index (χ0n) is 15.3. The molecular formula is C18H29N3O3S. The summed E-state index contributed by atoms with van der Waals surface area (Å²) in [6.45, 7) is 5.43. The van der Waals surface area contributed by atoms with Gasteiger partial charge in [0, 0.05) is 32.7 Å². The number of benzene rings is 1. The molecule has 0 bridgehead atoms. The highest BCUT2D eigenvalue weighted by molar-refractivity contribution is 7.87. The van der Waals surface area contributed by atoms with Crippen LogP contribution in [0.3, 0.4) is 0 Å². The minimum atomic E-state index is -3.43. The number of carbonyl (C=O) groups is 1. The Hall–Kier alpha value is -1.44. The van der Waals surface area contributed by atoms with Gasteiger partial charge in [0.15, 0.2) is 0 Å². The molecular weight excluding hydrogens is 338 g/mol. The molecule has 1 aliphatic heterocycles. The van der Waals surface area contributed by atoms with Gasteiger partial charge in [0.1, 0.15) is 0 Å². The molecule has 1 N–H and O–H groups in total. The number of likely N-dealkylation sites (tertiary alicyclic amines) is 1. The van der Waals surface area contributed by atoms with Gasteiger partial charge >= 0.3 is 0 Å². The summed E-state index contributed by atoms with van der Waals surface area (Å²) in [5.41, 5.74) is 1.04. The smallest absolute Gasteiger partial charge is 0.279 e. The Balaban J connectivity index is 1.94. The van der Waals surface area contributed by atoms with Crippen LogP contribution in [0.2, 0.25) is 0 Å². The number of amides is 1. The molecule has 1 saturated heterocycles. The Morgan fingerprint density at radius 2 is 1.84 bits per heavy atom. The minimum Gasteiger partial charge on any atom is -0.342 e. The summed E-state index contributed by atoms with van der Waals surface area (Å²) in [6.07, 6.45) is 2.05. The average molecular weight is 368 g/mol. The predicted octanol–water partition coefficient (Wildman–Crippen LogP) is 1.96. The van der Waals surface area contributed by atoms with E-state index in [9.17, 15) is 13.2 Å². The van der Waals surface area contributed by atoms with E-state index in [0.29, 0.717) is 32.5 Å². The molecule has 0 spiro atoms. The van der Waals surface area contributed by atoms with E-state index in [1.165, 1.54) is 4.31 Å². The van der Waals surface area contributed by atoms with Gasteiger partial charge in [-0.15, -0.1) is 0 Å². The molecule has 1 heterocycles. The van der Waals surface area contributed by atoms with Crippen LogP contribution in [0.25, 0.3) is 0 Å². The predicted molar refractivity (Wildman–Crippen MR) is 99.4 cm³/mol. The van der Waals surface area contributed by atoms with Gasteiger partial charge in [0.05, 0.1) is 5.92 Å². The number of nitrogens with one attached hydrogen (secondary N) is 1. The topological polar surface area (TPSA) is 69.7 Å². The summed E-state index contributed by atoms with van der Waals surface area (Å²) in [5.74, 6) is 0.0151. The van der Waals surface area contributed by atoms with Crippen LogP contribution in [0.1, 0.15) is 44.6 Å². The van der Waals surface area contributed by atoms with Crippen molar-refractivity contribution in [3.63, 3.8) is 0 Å². The highest BCUT2D eigenvalue weighted by Gasteiger charge is 2.30. The molecule has 2 rings (SSSR count). The van der Waals surface area contributed by atoms with Gasteiger partial charge in [-0.25, -0.2) is 0 Å². The first-order chi connectivity index (χ1) is 11.9. The van der Waals surface area contributed by atoms with Crippen LogP contribution >= 0.6 is 0 Å². The largest absolute Gasteiger partial charge is 0.342 e. The third kappa shape index (κ3) is 5.03. The standard InChI is InChI=1S/C18H29N3O3S/c1-4-17(15-9-7-6-8-10-15)18(22)21-13-11-16(12-14-21)19-25(23,24)20(3)5-2/h6-10,16-17,19H,4-5,11-14H2,1-3H3. The first kappa shape index (κ1) is 19.9. The lowest BCUT2D eigenvalue weighted by atomic mass is 9.94. The van der Waals surface area contributed by atoms with Crippen LogP contribution in [-0.2, 0) is 15.0 Å². The van der Waals surface area contributed by atoms with Crippen LogP contribution in [0, 0.1) is 0 Å². The Morgan fingerprint density at radius 1 is 1.24 bits per heavy atom. The molecule has 0 aromatic heterocycles. The van der Waals surface area contributed by atoms with E-state index in [2.05, 4.69) is 4.72 Å². The maximum Gasteiger partial charge on any atom is 0.279 e. The monoisotopic (exact) mass is 367 g/mol. The van der Waals surface area contributed by atoms with Crippen molar-refractivity contribution < 1.29 is 13.2 Å². The Morgan fingerprint density at radius 3 is 2.36 bits per heavy atom. The van der Waals surface area contributed by atoms with Crippen molar-refractivity contribution in [3.8, 4) is 0 Å². The molecule has 1 atom stereocenters. The molecule has 6 nitrogen and oxygen atoms in total. The Bertz CT molecular complexity index is 655. The molecule has 1 fully saturated rings. The highest BCUT2D eigenvalue weighted by atomic mass is 32.2. The minimum absolute atomic E-state index is 0.111. The van der Waals surface area contributed by atoms with Crippen molar-refractivity contribution in [2.24, 2.45) is 0 Å². The molecule has 25 heavy (non-hydrogen) atoms. The van der Waals surface area contributed by atoms with E-state index in [-0.39, 0.29) is 17.9 Å². The van der Waals surface area contributed by atoms with E-state index in [4.69, 9.17) is 0 Å². The van der Waals surface area contributed by atoms with Crippen molar-refractivity contribution >= 4 is 16.1 Å². The van der Waals surface area contributed by atoms with Crippen LogP contribution in [0.15, 0.2) is 30.3 Å². The third-order valence-corrected chi connectivity index (χ3v) is 6.60. The fourth-order valence-electron chi connectivity index (χ4n) is 3.15. The fourth-order valence-corrected chi connectivity index (χ4v) is 4.32. The second-order valence-electron chi connectivity index (χ2n) is 6.51. The molecule has 1 aliphatic rings. The first-order valence-corrected chi connectivity index (χ1v) is 10.4. The van der Waals surface area contributed by atoms with Gasteiger partial charge < -0.3 is 4.90 Å². The molecule has 1 aromatic carbocycles. The SMILES string of the molecule is CCC(C(=O)N1CCC(NS(=O)(=O)N(C)CC)CC1)c1ccccc1. The Labute approximate surface area is 151 Å². The fraction of sp³-hybridized carbons (Fsp3) is 0.611. The third-order valence-electron chi connectivity index (χ3n) is 4.89. The number of hydrogen-bond donors (Lipinski definition) is 1. The first-order valence-electron chi connectivity index (χ1n) is 8.96. The van der Waals surface area contributed by atoms with Gasteiger partial charge in [0.2, 0.25) is 5.91 Å². The molecule has 1 aromatic rings. The molecule has 140 valence electrons. The molecule has 1 amide bonds. The number of carbonyl (C=O) groups excluding carboxylic acids is 1. The number of piperidine rings is 1. The van der Waals surface area contributed by atoms with Crippen LogP contribution in [0.4, 0.5) is 0 Å². The zero-order valence-corrected chi connectivity index (χ0v) is 16.1. The summed E-state index contributed by atoms with van der Waals surface area (Å²) in [5, 5.41) is 0. The van der Waals surface area contributed by atoms with Crippen molar-refractivity contribution in [2.45, 2.75) is 45.1 Å². The molecule has 0 radical (unpaired) electrons. The second kappa shape index (κ2) is 8.78. The van der Waals surface area contributed by atoms with Crippen molar-refractivity contribution in [3.05, 3.63) is 35.9 Å². The van der Waals surface area contributed by atoms with E-state index in [0.717, 1.165) is 12.0 Å². The Kier molecular flexibility index (Phi) is 6.98. The molecule has 1 unspecified atom stereocenters. The maximum atomic E-state index is 12.9. The number of rotatable bonds is 7. The van der Waals surface area contributed by atoms with E-state index >= 15 is 0 Å². The summed E-state index contributed by atoms with van der Waals surface area (Å²) in [4.78, 5) is 14.7. The van der Waals surface area contributed by atoms with Crippen LogP contribution in [0.5, 0.6) is 0 Å². The molecule has 0 aliphatic carbocycles. The lowest BCUT2D eigenvalue weighted by Crippen LogP contribution is -2.50. The molecule has 0 saturated carbocycles. The second-order valence-corrected chi connectivity index (χ2v) is 8.32. The normalized spacial score (nSPS) is 17.7. The van der Waals surface area contributed by atoms with Crippen molar-refractivity contribution in [2.75, 3.05) is 26.7 Å². The maximum absolute atomic E-state index is 12.9.